The number of aryl methyl sites for hydroxylation is 1. The second-order valence-electron chi connectivity index (χ2n) is 6.14. The number of carbonyl (C=O) groups excluding carboxylic acids is 1. The fraction of sp³-hybridized carbons (Fsp3) is 0.316. The minimum absolute atomic E-state index is 0.00794. The van der Waals surface area contributed by atoms with Gasteiger partial charge in [-0.15, -0.1) is 0 Å². The number of ether oxygens (including phenoxy) is 1. The van der Waals surface area contributed by atoms with Crippen molar-refractivity contribution < 1.29 is 35.9 Å². The molecular formula is C19H18F6N2O2. The van der Waals surface area contributed by atoms with Crippen molar-refractivity contribution in [3.05, 3.63) is 59.2 Å². The molecule has 0 fully saturated rings. The summed E-state index contributed by atoms with van der Waals surface area (Å²) >= 11 is 0. The van der Waals surface area contributed by atoms with E-state index < -0.39 is 35.2 Å². The smallest absolute Gasteiger partial charge is 0.416 e. The topological polar surface area (TPSA) is 50.4 Å². The average Bonchev–Trinajstić information content (AvgIpc) is 2.61. The number of rotatable bonds is 6. The maximum atomic E-state index is 12.8. The zero-order valence-corrected chi connectivity index (χ0v) is 15.2. The van der Waals surface area contributed by atoms with E-state index in [4.69, 9.17) is 4.74 Å². The molecule has 0 spiro atoms. The minimum atomic E-state index is -4.99. The van der Waals surface area contributed by atoms with Gasteiger partial charge in [-0.25, -0.2) is 4.79 Å². The molecule has 2 rings (SSSR count). The second kappa shape index (κ2) is 9.06. The zero-order valence-electron chi connectivity index (χ0n) is 15.2. The van der Waals surface area contributed by atoms with Crippen LogP contribution in [0.2, 0.25) is 0 Å². The van der Waals surface area contributed by atoms with E-state index in [-0.39, 0.29) is 19.2 Å². The molecule has 0 aliphatic rings. The summed E-state index contributed by atoms with van der Waals surface area (Å²) < 4.78 is 82.4. The molecule has 0 aliphatic carbocycles. The van der Waals surface area contributed by atoms with Gasteiger partial charge in [-0.1, -0.05) is 18.2 Å². The Morgan fingerprint density at radius 3 is 2.10 bits per heavy atom. The molecule has 2 amide bonds. The SMILES string of the molecule is Cc1ccccc1OCCCNC(=O)Nc1cc(C(F)(F)F)cc(C(F)(F)F)c1. The Morgan fingerprint density at radius 2 is 1.55 bits per heavy atom. The Hall–Kier alpha value is -2.91. The van der Waals surface area contributed by atoms with Crippen LogP contribution >= 0.6 is 0 Å². The van der Waals surface area contributed by atoms with Crippen molar-refractivity contribution in [2.24, 2.45) is 0 Å². The highest BCUT2D eigenvalue weighted by Gasteiger charge is 2.37. The van der Waals surface area contributed by atoms with Crippen LogP contribution in [0.25, 0.3) is 0 Å². The molecule has 2 aromatic carbocycles. The fourth-order valence-corrected chi connectivity index (χ4v) is 2.38. The van der Waals surface area contributed by atoms with Crippen LogP contribution in [0.15, 0.2) is 42.5 Å². The van der Waals surface area contributed by atoms with Gasteiger partial charge in [0, 0.05) is 12.2 Å². The van der Waals surface area contributed by atoms with E-state index in [1.807, 2.05) is 24.4 Å². The molecule has 0 radical (unpaired) electrons. The van der Waals surface area contributed by atoms with Crippen LogP contribution in [-0.4, -0.2) is 19.2 Å². The number of carbonyl (C=O) groups is 1. The zero-order chi connectivity index (χ0) is 21.7. The first-order chi connectivity index (χ1) is 13.5. The Balaban J connectivity index is 1.90. The lowest BCUT2D eigenvalue weighted by molar-refractivity contribution is -0.143. The maximum Gasteiger partial charge on any atom is 0.416 e. The van der Waals surface area contributed by atoms with E-state index in [9.17, 15) is 31.1 Å². The van der Waals surface area contributed by atoms with Crippen molar-refractivity contribution in [1.82, 2.24) is 5.32 Å². The van der Waals surface area contributed by atoms with Crippen molar-refractivity contribution in [2.75, 3.05) is 18.5 Å². The molecule has 0 aromatic heterocycles. The molecule has 0 saturated carbocycles. The Kier molecular flexibility index (Phi) is 6.99. The number of hydrogen-bond acceptors (Lipinski definition) is 2. The van der Waals surface area contributed by atoms with E-state index in [1.165, 1.54) is 0 Å². The van der Waals surface area contributed by atoms with E-state index in [1.54, 1.807) is 12.1 Å². The van der Waals surface area contributed by atoms with E-state index in [2.05, 4.69) is 5.32 Å². The summed E-state index contributed by atoms with van der Waals surface area (Å²) in [6, 6.07) is 7.25. The molecule has 0 aliphatic heterocycles. The number of amides is 2. The third-order valence-corrected chi connectivity index (χ3v) is 3.80. The average molecular weight is 420 g/mol. The molecule has 158 valence electrons. The Labute approximate surface area is 162 Å². The van der Waals surface area contributed by atoms with Gasteiger partial charge >= 0.3 is 18.4 Å². The standard InChI is InChI=1S/C19H18F6N2O2/c1-12-5-2-3-6-16(12)29-8-4-7-26-17(28)27-15-10-13(18(20,21)22)9-14(11-15)19(23,24)25/h2-3,5-6,9-11H,4,7-8H2,1H3,(H2,26,27,28). The van der Waals surface area contributed by atoms with Gasteiger partial charge in [-0.2, -0.15) is 26.3 Å². The third kappa shape index (κ3) is 6.88. The summed E-state index contributed by atoms with van der Waals surface area (Å²) in [7, 11) is 0. The van der Waals surface area contributed by atoms with Crippen molar-refractivity contribution in [1.29, 1.82) is 0 Å². The van der Waals surface area contributed by atoms with Crippen LogP contribution in [-0.2, 0) is 12.4 Å². The van der Waals surface area contributed by atoms with Gasteiger partial charge in [0.05, 0.1) is 17.7 Å². The number of alkyl halides is 6. The quantitative estimate of drug-likeness (QED) is 0.471. The summed E-state index contributed by atoms with van der Waals surface area (Å²) in [6.07, 6.45) is -9.58. The summed E-state index contributed by atoms with van der Waals surface area (Å²) in [6.45, 7) is 2.25. The number of nitrogens with one attached hydrogen (secondary N) is 2. The van der Waals surface area contributed by atoms with Gasteiger partial charge in [0.25, 0.3) is 0 Å². The largest absolute Gasteiger partial charge is 0.493 e. The Morgan fingerprint density at radius 1 is 0.966 bits per heavy atom. The molecule has 2 N–H and O–H groups in total. The van der Waals surface area contributed by atoms with Gasteiger partial charge < -0.3 is 15.4 Å². The highest BCUT2D eigenvalue weighted by Crippen LogP contribution is 2.37. The molecule has 0 unspecified atom stereocenters. The molecule has 0 atom stereocenters. The van der Waals surface area contributed by atoms with Crippen molar-refractivity contribution in [2.45, 2.75) is 25.7 Å². The summed E-state index contributed by atoms with van der Waals surface area (Å²) in [5, 5.41) is 4.35. The molecule has 0 heterocycles. The molecule has 10 heteroatoms. The predicted molar refractivity (Wildman–Crippen MR) is 94.8 cm³/mol. The normalized spacial score (nSPS) is 11.8. The highest BCUT2D eigenvalue weighted by molar-refractivity contribution is 5.89. The number of hydrogen-bond donors (Lipinski definition) is 2. The fourth-order valence-electron chi connectivity index (χ4n) is 2.38. The number of anilines is 1. The van der Waals surface area contributed by atoms with Crippen molar-refractivity contribution in [3.63, 3.8) is 0 Å². The van der Waals surface area contributed by atoms with Crippen LogP contribution in [0.3, 0.4) is 0 Å². The van der Waals surface area contributed by atoms with Gasteiger partial charge in [0.1, 0.15) is 5.75 Å². The van der Waals surface area contributed by atoms with Crippen molar-refractivity contribution in [3.8, 4) is 5.75 Å². The third-order valence-electron chi connectivity index (χ3n) is 3.80. The summed E-state index contributed by atoms with van der Waals surface area (Å²) in [5.41, 5.74) is -2.69. The first-order valence-electron chi connectivity index (χ1n) is 8.49. The molecule has 4 nitrogen and oxygen atoms in total. The number of para-hydroxylation sites is 1. The monoisotopic (exact) mass is 420 g/mol. The lowest BCUT2D eigenvalue weighted by atomic mass is 10.1. The van der Waals surface area contributed by atoms with Crippen LogP contribution in [0.1, 0.15) is 23.1 Å². The minimum Gasteiger partial charge on any atom is -0.493 e. The van der Waals surface area contributed by atoms with Crippen LogP contribution in [0.5, 0.6) is 5.75 Å². The van der Waals surface area contributed by atoms with Crippen molar-refractivity contribution >= 4 is 11.7 Å². The predicted octanol–water partition coefficient (Wildman–Crippen LogP) is 5.62. The lowest BCUT2D eigenvalue weighted by Crippen LogP contribution is -2.30. The molecule has 0 saturated heterocycles. The number of halogens is 6. The van der Waals surface area contributed by atoms with E-state index in [0.717, 1.165) is 5.56 Å². The maximum absolute atomic E-state index is 12.8. The van der Waals surface area contributed by atoms with E-state index >= 15 is 0 Å². The highest BCUT2D eigenvalue weighted by atomic mass is 19.4. The summed E-state index contributed by atoms with van der Waals surface area (Å²) in [4.78, 5) is 11.8. The van der Waals surface area contributed by atoms with Crippen LogP contribution in [0.4, 0.5) is 36.8 Å². The number of benzene rings is 2. The second-order valence-corrected chi connectivity index (χ2v) is 6.14. The molecule has 0 bridgehead atoms. The molecule has 2 aromatic rings. The molecular weight excluding hydrogens is 402 g/mol. The first-order valence-corrected chi connectivity index (χ1v) is 8.49. The van der Waals surface area contributed by atoms with Gasteiger partial charge in [-0.05, 0) is 43.2 Å². The first kappa shape index (κ1) is 22.4. The molecule has 29 heavy (non-hydrogen) atoms. The Bertz CT molecular complexity index is 817. The van der Waals surface area contributed by atoms with Gasteiger partial charge in [0.2, 0.25) is 0 Å². The number of urea groups is 1. The van der Waals surface area contributed by atoms with Crippen LogP contribution in [0, 0.1) is 6.92 Å². The van der Waals surface area contributed by atoms with Gasteiger partial charge in [0.15, 0.2) is 0 Å². The van der Waals surface area contributed by atoms with Gasteiger partial charge in [-0.3, -0.25) is 0 Å². The summed E-state index contributed by atoms with van der Waals surface area (Å²) in [5.74, 6) is 0.681. The lowest BCUT2D eigenvalue weighted by Gasteiger charge is -2.15. The van der Waals surface area contributed by atoms with Crippen LogP contribution < -0.4 is 15.4 Å². The van der Waals surface area contributed by atoms with E-state index in [0.29, 0.717) is 24.3 Å².